The van der Waals surface area contributed by atoms with Crippen LogP contribution < -0.4 is 11.1 Å². The van der Waals surface area contributed by atoms with E-state index in [2.05, 4.69) is 10.5 Å². The first kappa shape index (κ1) is 12.3. The molecular formula is C8H17N3O3S. The molecule has 1 aliphatic heterocycles. The molecule has 7 heteroatoms. The molecule has 1 unspecified atom stereocenters. The Bertz CT molecular complexity index is 326. The van der Waals surface area contributed by atoms with Gasteiger partial charge in [-0.05, 0) is 12.8 Å². The number of nitrogens with two attached hydrogens (primary N) is 1. The molecule has 1 heterocycles. The van der Waals surface area contributed by atoms with Crippen molar-refractivity contribution >= 4 is 15.7 Å². The molecule has 0 aromatic carbocycles. The van der Waals surface area contributed by atoms with Gasteiger partial charge in [0.2, 0.25) is 0 Å². The smallest absolute Gasteiger partial charge is 0.151 e. The van der Waals surface area contributed by atoms with E-state index in [0.29, 0.717) is 25.1 Å². The van der Waals surface area contributed by atoms with Crippen molar-refractivity contribution in [3.8, 4) is 0 Å². The number of sulfone groups is 1. The Hall–Kier alpha value is -0.820. The van der Waals surface area contributed by atoms with E-state index in [1.807, 2.05) is 0 Å². The zero-order chi connectivity index (χ0) is 11.3. The summed E-state index contributed by atoms with van der Waals surface area (Å²) < 4.78 is 22.6. The standard InChI is InChI=1S/C8H17N3O3S/c9-8(11-12)3-4-10-7-2-1-5-15(13,14)6-7/h7,10,12H,1-6H2,(H2,9,11). The number of nitrogens with one attached hydrogen (secondary N) is 1. The predicted octanol–water partition coefficient (Wildman–Crippen LogP) is -0.710. The largest absolute Gasteiger partial charge is 0.409 e. The molecule has 15 heavy (non-hydrogen) atoms. The van der Waals surface area contributed by atoms with Crippen molar-refractivity contribution in [1.29, 1.82) is 0 Å². The number of nitrogens with zero attached hydrogens (tertiary/aromatic N) is 1. The maximum absolute atomic E-state index is 11.3. The first-order valence-electron chi connectivity index (χ1n) is 4.94. The average molecular weight is 235 g/mol. The molecule has 0 amide bonds. The van der Waals surface area contributed by atoms with Gasteiger partial charge in [0, 0.05) is 19.0 Å². The minimum absolute atomic E-state index is 0.00948. The fourth-order valence-electron chi connectivity index (χ4n) is 1.64. The van der Waals surface area contributed by atoms with Gasteiger partial charge in [0.05, 0.1) is 11.5 Å². The molecule has 1 rings (SSSR count). The van der Waals surface area contributed by atoms with Gasteiger partial charge in [-0.2, -0.15) is 0 Å². The fraction of sp³-hybridized carbons (Fsp3) is 0.875. The topological polar surface area (TPSA) is 105 Å². The van der Waals surface area contributed by atoms with Gasteiger partial charge in [0.25, 0.3) is 0 Å². The zero-order valence-electron chi connectivity index (χ0n) is 8.52. The third-order valence-electron chi connectivity index (χ3n) is 2.41. The number of rotatable bonds is 4. The first-order chi connectivity index (χ1) is 7.03. The van der Waals surface area contributed by atoms with E-state index in [9.17, 15) is 8.42 Å². The van der Waals surface area contributed by atoms with Crippen LogP contribution in [-0.2, 0) is 9.84 Å². The van der Waals surface area contributed by atoms with E-state index in [1.54, 1.807) is 0 Å². The van der Waals surface area contributed by atoms with Gasteiger partial charge in [-0.25, -0.2) is 8.42 Å². The Balaban J connectivity index is 2.28. The van der Waals surface area contributed by atoms with Crippen LogP contribution in [0, 0.1) is 0 Å². The molecule has 0 aromatic heterocycles. The quantitative estimate of drug-likeness (QED) is 0.258. The lowest BCUT2D eigenvalue weighted by molar-refractivity contribution is 0.316. The minimum Gasteiger partial charge on any atom is -0.409 e. The molecule has 1 saturated heterocycles. The van der Waals surface area contributed by atoms with Crippen LogP contribution >= 0.6 is 0 Å². The van der Waals surface area contributed by atoms with Gasteiger partial charge in [0.15, 0.2) is 9.84 Å². The number of hydrogen-bond acceptors (Lipinski definition) is 5. The maximum atomic E-state index is 11.3. The summed E-state index contributed by atoms with van der Waals surface area (Å²) in [7, 11) is -2.86. The van der Waals surface area contributed by atoms with E-state index < -0.39 is 9.84 Å². The van der Waals surface area contributed by atoms with Crippen LogP contribution in [0.25, 0.3) is 0 Å². The van der Waals surface area contributed by atoms with E-state index in [4.69, 9.17) is 10.9 Å². The van der Waals surface area contributed by atoms with Crippen molar-refractivity contribution in [2.75, 3.05) is 18.1 Å². The van der Waals surface area contributed by atoms with Crippen LogP contribution in [-0.4, -0.2) is 43.6 Å². The highest BCUT2D eigenvalue weighted by Crippen LogP contribution is 2.11. The second-order valence-corrected chi connectivity index (χ2v) is 5.98. The molecule has 1 fully saturated rings. The van der Waals surface area contributed by atoms with Crippen molar-refractivity contribution in [2.45, 2.75) is 25.3 Å². The van der Waals surface area contributed by atoms with Crippen molar-refractivity contribution in [3.63, 3.8) is 0 Å². The van der Waals surface area contributed by atoms with Crippen LogP contribution in [0.3, 0.4) is 0 Å². The third kappa shape index (κ3) is 4.48. The zero-order valence-corrected chi connectivity index (χ0v) is 9.33. The molecule has 1 aliphatic rings. The van der Waals surface area contributed by atoms with Gasteiger partial charge in [0.1, 0.15) is 5.84 Å². The minimum atomic E-state index is -2.86. The summed E-state index contributed by atoms with van der Waals surface area (Å²) in [6, 6.07) is 0.00948. The Morgan fingerprint density at radius 1 is 1.60 bits per heavy atom. The SMILES string of the molecule is NC(CCNC1CCCS(=O)(=O)C1)=NO. The molecule has 88 valence electrons. The number of oxime groups is 1. The van der Waals surface area contributed by atoms with E-state index in [0.717, 1.165) is 6.42 Å². The highest BCUT2D eigenvalue weighted by molar-refractivity contribution is 7.91. The van der Waals surface area contributed by atoms with Crippen LogP contribution in [0.5, 0.6) is 0 Å². The van der Waals surface area contributed by atoms with Crippen LogP contribution in [0.1, 0.15) is 19.3 Å². The normalized spacial score (nSPS) is 26.4. The predicted molar refractivity (Wildman–Crippen MR) is 57.7 cm³/mol. The summed E-state index contributed by atoms with van der Waals surface area (Å²) in [6.07, 6.45) is 2.01. The van der Waals surface area contributed by atoms with Gasteiger partial charge < -0.3 is 16.3 Å². The lowest BCUT2D eigenvalue weighted by atomic mass is 10.2. The highest BCUT2D eigenvalue weighted by atomic mass is 32.2. The van der Waals surface area contributed by atoms with Crippen LogP contribution in [0.2, 0.25) is 0 Å². The van der Waals surface area contributed by atoms with Gasteiger partial charge in [-0.1, -0.05) is 5.16 Å². The first-order valence-corrected chi connectivity index (χ1v) is 6.76. The lowest BCUT2D eigenvalue weighted by Crippen LogP contribution is -2.41. The number of hydrogen-bond donors (Lipinski definition) is 3. The van der Waals surface area contributed by atoms with Crippen molar-refractivity contribution in [3.05, 3.63) is 0 Å². The summed E-state index contributed by atoms with van der Waals surface area (Å²) in [5.74, 6) is 0.648. The molecule has 0 spiro atoms. The molecule has 0 aliphatic carbocycles. The summed E-state index contributed by atoms with van der Waals surface area (Å²) in [4.78, 5) is 0. The summed E-state index contributed by atoms with van der Waals surface area (Å²) in [5, 5.41) is 14.2. The molecule has 0 radical (unpaired) electrons. The summed E-state index contributed by atoms with van der Waals surface area (Å²) in [6.45, 7) is 0.538. The Labute approximate surface area is 89.4 Å². The maximum Gasteiger partial charge on any atom is 0.151 e. The Morgan fingerprint density at radius 3 is 2.93 bits per heavy atom. The van der Waals surface area contributed by atoms with Crippen molar-refractivity contribution in [2.24, 2.45) is 10.9 Å². The van der Waals surface area contributed by atoms with Gasteiger partial charge >= 0.3 is 0 Å². The second-order valence-electron chi connectivity index (χ2n) is 3.75. The van der Waals surface area contributed by atoms with Crippen molar-refractivity contribution < 1.29 is 13.6 Å². The molecule has 4 N–H and O–H groups in total. The lowest BCUT2D eigenvalue weighted by Gasteiger charge is -2.22. The molecular weight excluding hydrogens is 218 g/mol. The molecule has 0 saturated carbocycles. The van der Waals surface area contributed by atoms with E-state index >= 15 is 0 Å². The van der Waals surface area contributed by atoms with Crippen LogP contribution in [0.15, 0.2) is 5.16 Å². The molecule has 1 atom stereocenters. The monoisotopic (exact) mass is 235 g/mol. The molecule has 6 nitrogen and oxygen atoms in total. The summed E-state index contributed by atoms with van der Waals surface area (Å²) in [5.41, 5.74) is 5.28. The Kier molecular flexibility index (Phi) is 4.34. The summed E-state index contributed by atoms with van der Waals surface area (Å²) >= 11 is 0. The van der Waals surface area contributed by atoms with Crippen molar-refractivity contribution in [1.82, 2.24) is 5.32 Å². The van der Waals surface area contributed by atoms with Crippen LogP contribution in [0.4, 0.5) is 0 Å². The van der Waals surface area contributed by atoms with E-state index in [-0.39, 0.29) is 17.6 Å². The third-order valence-corrected chi connectivity index (χ3v) is 4.23. The average Bonchev–Trinajstić information content (AvgIpc) is 2.16. The molecule has 0 bridgehead atoms. The fourth-order valence-corrected chi connectivity index (χ4v) is 3.31. The number of amidine groups is 1. The molecule has 0 aromatic rings. The van der Waals surface area contributed by atoms with E-state index in [1.165, 1.54) is 0 Å². The highest BCUT2D eigenvalue weighted by Gasteiger charge is 2.23. The Morgan fingerprint density at radius 2 is 2.33 bits per heavy atom. The second kappa shape index (κ2) is 5.32. The van der Waals surface area contributed by atoms with Gasteiger partial charge in [-0.3, -0.25) is 0 Å². The van der Waals surface area contributed by atoms with Gasteiger partial charge in [-0.15, -0.1) is 0 Å².